The van der Waals surface area contributed by atoms with Gasteiger partial charge in [0.05, 0.1) is 6.26 Å². The summed E-state index contributed by atoms with van der Waals surface area (Å²) in [7, 11) is 0. The van der Waals surface area contributed by atoms with Crippen molar-refractivity contribution < 1.29 is 14.3 Å². The second-order valence-electron chi connectivity index (χ2n) is 5.72. The number of aliphatic hydroxyl groups is 1. The summed E-state index contributed by atoms with van der Waals surface area (Å²) in [6, 6.07) is 11.5. The van der Waals surface area contributed by atoms with Crippen LogP contribution in [0.4, 0.5) is 0 Å². The molecule has 0 bridgehead atoms. The van der Waals surface area contributed by atoms with Gasteiger partial charge in [-0.05, 0) is 38.0 Å². The SMILES string of the molecule is Cc1cccc(CCC(=O)NC(C)CC(O)c2ccco2)c1. The molecule has 2 rings (SSSR count). The number of aryl methyl sites for hydroxylation is 2. The van der Waals surface area contributed by atoms with Gasteiger partial charge < -0.3 is 14.8 Å². The van der Waals surface area contributed by atoms with Crippen molar-refractivity contribution in [2.24, 2.45) is 0 Å². The first kappa shape index (κ1) is 16.3. The third kappa shape index (κ3) is 5.04. The van der Waals surface area contributed by atoms with E-state index >= 15 is 0 Å². The first-order chi connectivity index (χ1) is 10.5. The zero-order valence-corrected chi connectivity index (χ0v) is 13.1. The average Bonchev–Trinajstić information content (AvgIpc) is 2.99. The van der Waals surface area contributed by atoms with Crippen LogP contribution in [0.3, 0.4) is 0 Å². The van der Waals surface area contributed by atoms with Crippen LogP contribution in [0.15, 0.2) is 47.1 Å². The van der Waals surface area contributed by atoms with E-state index in [2.05, 4.69) is 11.4 Å². The summed E-state index contributed by atoms with van der Waals surface area (Å²) in [4.78, 5) is 12.0. The molecule has 0 aliphatic rings. The monoisotopic (exact) mass is 301 g/mol. The van der Waals surface area contributed by atoms with Crippen molar-refractivity contribution in [3.05, 3.63) is 59.5 Å². The Balaban J connectivity index is 1.74. The molecule has 1 aromatic carbocycles. The summed E-state index contributed by atoms with van der Waals surface area (Å²) in [5, 5.41) is 12.9. The largest absolute Gasteiger partial charge is 0.467 e. The number of amides is 1. The van der Waals surface area contributed by atoms with Crippen LogP contribution in [0.5, 0.6) is 0 Å². The van der Waals surface area contributed by atoms with Gasteiger partial charge in [0, 0.05) is 18.9 Å². The molecule has 1 heterocycles. The Labute approximate surface area is 131 Å². The molecular formula is C18H23NO3. The number of nitrogens with one attached hydrogen (secondary N) is 1. The van der Waals surface area contributed by atoms with E-state index in [9.17, 15) is 9.90 Å². The molecule has 0 fully saturated rings. The van der Waals surface area contributed by atoms with Crippen molar-refractivity contribution in [2.75, 3.05) is 0 Å². The summed E-state index contributed by atoms with van der Waals surface area (Å²) in [5.74, 6) is 0.529. The number of hydrogen-bond donors (Lipinski definition) is 2. The molecule has 0 aliphatic heterocycles. The Kier molecular flexibility index (Phi) is 5.78. The molecule has 4 nitrogen and oxygen atoms in total. The third-order valence-electron chi connectivity index (χ3n) is 3.58. The lowest BCUT2D eigenvalue weighted by Gasteiger charge is -2.16. The Hall–Kier alpha value is -2.07. The average molecular weight is 301 g/mol. The van der Waals surface area contributed by atoms with E-state index < -0.39 is 6.10 Å². The van der Waals surface area contributed by atoms with E-state index in [1.165, 1.54) is 17.4 Å². The molecule has 0 aliphatic carbocycles. The highest BCUT2D eigenvalue weighted by Gasteiger charge is 2.16. The molecule has 118 valence electrons. The Morgan fingerprint density at radius 2 is 2.14 bits per heavy atom. The summed E-state index contributed by atoms with van der Waals surface area (Å²) < 4.78 is 5.15. The Morgan fingerprint density at radius 3 is 2.82 bits per heavy atom. The lowest BCUT2D eigenvalue weighted by atomic mass is 10.1. The third-order valence-corrected chi connectivity index (χ3v) is 3.58. The quantitative estimate of drug-likeness (QED) is 0.826. The number of aliphatic hydroxyl groups excluding tert-OH is 1. The maximum Gasteiger partial charge on any atom is 0.220 e. The summed E-state index contributed by atoms with van der Waals surface area (Å²) in [6.45, 7) is 3.93. The number of furan rings is 1. The predicted molar refractivity (Wildman–Crippen MR) is 85.4 cm³/mol. The van der Waals surface area contributed by atoms with E-state index in [0.29, 0.717) is 18.6 Å². The van der Waals surface area contributed by atoms with Gasteiger partial charge in [-0.15, -0.1) is 0 Å². The fourth-order valence-electron chi connectivity index (χ4n) is 2.46. The molecule has 0 radical (unpaired) electrons. The molecule has 4 heteroatoms. The maximum atomic E-state index is 12.0. The number of carbonyl (C=O) groups excluding carboxylic acids is 1. The molecule has 0 saturated heterocycles. The van der Waals surface area contributed by atoms with Gasteiger partial charge in [0.2, 0.25) is 5.91 Å². The fraction of sp³-hybridized carbons (Fsp3) is 0.389. The van der Waals surface area contributed by atoms with Gasteiger partial charge in [0.25, 0.3) is 0 Å². The topological polar surface area (TPSA) is 62.5 Å². The summed E-state index contributed by atoms with van der Waals surface area (Å²) in [6.07, 6.45) is 2.45. The smallest absolute Gasteiger partial charge is 0.220 e. The molecule has 0 saturated carbocycles. The summed E-state index contributed by atoms with van der Waals surface area (Å²) in [5.41, 5.74) is 2.37. The first-order valence-electron chi connectivity index (χ1n) is 7.61. The van der Waals surface area contributed by atoms with Crippen LogP contribution in [-0.2, 0) is 11.2 Å². The number of benzene rings is 1. The number of carbonyl (C=O) groups is 1. The predicted octanol–water partition coefficient (Wildman–Crippen LogP) is 3.15. The lowest BCUT2D eigenvalue weighted by molar-refractivity contribution is -0.121. The second-order valence-corrected chi connectivity index (χ2v) is 5.72. The lowest BCUT2D eigenvalue weighted by Crippen LogP contribution is -2.33. The van der Waals surface area contributed by atoms with Crippen LogP contribution in [0.1, 0.15) is 42.8 Å². The Bertz CT molecular complexity index is 592. The van der Waals surface area contributed by atoms with Crippen molar-refractivity contribution in [3.8, 4) is 0 Å². The first-order valence-corrected chi connectivity index (χ1v) is 7.61. The van der Waals surface area contributed by atoms with Gasteiger partial charge in [-0.25, -0.2) is 0 Å². The van der Waals surface area contributed by atoms with E-state index in [-0.39, 0.29) is 11.9 Å². The minimum absolute atomic E-state index is 0.000603. The van der Waals surface area contributed by atoms with Gasteiger partial charge in [0.15, 0.2) is 0 Å². The summed E-state index contributed by atoms with van der Waals surface area (Å²) >= 11 is 0. The normalized spacial score (nSPS) is 13.6. The number of rotatable bonds is 7. The van der Waals surface area contributed by atoms with E-state index in [1.54, 1.807) is 12.1 Å². The number of hydrogen-bond acceptors (Lipinski definition) is 3. The zero-order chi connectivity index (χ0) is 15.9. The molecule has 2 unspecified atom stereocenters. The Morgan fingerprint density at radius 1 is 1.32 bits per heavy atom. The van der Waals surface area contributed by atoms with Crippen LogP contribution < -0.4 is 5.32 Å². The fourth-order valence-corrected chi connectivity index (χ4v) is 2.46. The molecule has 2 atom stereocenters. The van der Waals surface area contributed by atoms with Gasteiger partial charge in [-0.1, -0.05) is 29.8 Å². The van der Waals surface area contributed by atoms with E-state index in [4.69, 9.17) is 4.42 Å². The van der Waals surface area contributed by atoms with Gasteiger partial charge in [0.1, 0.15) is 11.9 Å². The molecule has 0 spiro atoms. The molecule has 1 aromatic heterocycles. The van der Waals surface area contributed by atoms with Crippen molar-refractivity contribution in [3.63, 3.8) is 0 Å². The van der Waals surface area contributed by atoms with Gasteiger partial charge in [-0.2, -0.15) is 0 Å². The highest BCUT2D eigenvalue weighted by atomic mass is 16.4. The van der Waals surface area contributed by atoms with Crippen molar-refractivity contribution >= 4 is 5.91 Å². The van der Waals surface area contributed by atoms with E-state index in [1.807, 2.05) is 32.0 Å². The van der Waals surface area contributed by atoms with Gasteiger partial charge >= 0.3 is 0 Å². The minimum atomic E-state index is -0.693. The van der Waals surface area contributed by atoms with E-state index in [0.717, 1.165) is 6.42 Å². The molecule has 22 heavy (non-hydrogen) atoms. The van der Waals surface area contributed by atoms with Crippen LogP contribution in [-0.4, -0.2) is 17.1 Å². The molecule has 2 N–H and O–H groups in total. The highest BCUT2D eigenvalue weighted by molar-refractivity contribution is 5.76. The van der Waals surface area contributed by atoms with Crippen LogP contribution in [0.2, 0.25) is 0 Å². The van der Waals surface area contributed by atoms with Crippen molar-refractivity contribution in [1.82, 2.24) is 5.32 Å². The van der Waals surface area contributed by atoms with Gasteiger partial charge in [-0.3, -0.25) is 4.79 Å². The molecule has 2 aromatic rings. The minimum Gasteiger partial charge on any atom is -0.467 e. The zero-order valence-electron chi connectivity index (χ0n) is 13.1. The van der Waals surface area contributed by atoms with Crippen LogP contribution in [0.25, 0.3) is 0 Å². The van der Waals surface area contributed by atoms with Crippen molar-refractivity contribution in [2.45, 2.75) is 45.3 Å². The highest BCUT2D eigenvalue weighted by Crippen LogP contribution is 2.18. The van der Waals surface area contributed by atoms with Crippen LogP contribution >= 0.6 is 0 Å². The molecular weight excluding hydrogens is 278 g/mol. The second kappa shape index (κ2) is 7.80. The van der Waals surface area contributed by atoms with Crippen LogP contribution in [0, 0.1) is 6.92 Å². The maximum absolute atomic E-state index is 12.0. The van der Waals surface area contributed by atoms with Crippen molar-refractivity contribution in [1.29, 1.82) is 0 Å². The standard InChI is InChI=1S/C18H23NO3/c1-13-5-3-6-15(11-13)8-9-18(21)19-14(2)12-16(20)17-7-4-10-22-17/h3-7,10-11,14,16,20H,8-9,12H2,1-2H3,(H,19,21). The molecule has 1 amide bonds.